The topological polar surface area (TPSA) is 50.8 Å². The summed E-state index contributed by atoms with van der Waals surface area (Å²) in [5.41, 5.74) is 0.519. The maximum atomic E-state index is 12.9. The minimum absolute atomic E-state index is 0.0179. The molecule has 0 saturated carbocycles. The van der Waals surface area contributed by atoms with Crippen LogP contribution in [-0.2, 0) is 4.79 Å². The first-order valence-corrected chi connectivity index (χ1v) is 6.36. The third kappa shape index (κ3) is 3.09. The molecule has 0 radical (unpaired) electrons. The molecule has 0 aromatic heterocycles. The van der Waals surface area contributed by atoms with Crippen LogP contribution in [0.4, 0.5) is 14.5 Å². The summed E-state index contributed by atoms with van der Waals surface area (Å²) in [7, 11) is 0. The molecule has 7 heteroatoms. The van der Waals surface area contributed by atoms with E-state index in [0.29, 0.717) is 18.8 Å². The van der Waals surface area contributed by atoms with Crippen LogP contribution in [0.25, 0.3) is 0 Å². The van der Waals surface area contributed by atoms with Crippen LogP contribution in [0.2, 0.25) is 0 Å². The van der Waals surface area contributed by atoms with Crippen molar-refractivity contribution in [3.05, 3.63) is 18.2 Å². The van der Waals surface area contributed by atoms with E-state index in [1.165, 1.54) is 12.1 Å². The highest BCUT2D eigenvalue weighted by Crippen LogP contribution is 2.42. The molecule has 2 rings (SSSR count). The molecule has 1 aliphatic rings. The van der Waals surface area contributed by atoms with Crippen molar-refractivity contribution in [2.45, 2.75) is 20.1 Å². The monoisotopic (exact) mass is 286 g/mol. The number of hydrogen-bond donors (Lipinski definition) is 1. The highest BCUT2D eigenvalue weighted by Gasteiger charge is 2.43. The van der Waals surface area contributed by atoms with E-state index in [2.05, 4.69) is 14.8 Å². The molecule has 0 unspecified atom stereocenters. The number of alkyl halides is 2. The van der Waals surface area contributed by atoms with E-state index in [1.54, 1.807) is 11.0 Å². The van der Waals surface area contributed by atoms with E-state index >= 15 is 0 Å². The fourth-order valence-corrected chi connectivity index (χ4v) is 1.92. The molecule has 20 heavy (non-hydrogen) atoms. The van der Waals surface area contributed by atoms with Crippen LogP contribution < -0.4 is 14.8 Å². The van der Waals surface area contributed by atoms with Crippen molar-refractivity contribution in [2.75, 3.05) is 25.0 Å². The highest BCUT2D eigenvalue weighted by molar-refractivity contribution is 5.81. The molecule has 1 N–H and O–H groups in total. The molecule has 1 aromatic carbocycles. The van der Waals surface area contributed by atoms with Gasteiger partial charge in [-0.15, -0.1) is 8.78 Å². The lowest BCUT2D eigenvalue weighted by molar-refractivity contribution is -0.286. The van der Waals surface area contributed by atoms with Crippen molar-refractivity contribution in [1.82, 2.24) is 4.90 Å². The average molecular weight is 286 g/mol. The zero-order valence-electron chi connectivity index (χ0n) is 11.3. The average Bonchev–Trinajstić information content (AvgIpc) is 2.70. The number of nitrogens with one attached hydrogen (secondary N) is 1. The lowest BCUT2D eigenvalue weighted by Crippen LogP contribution is -2.35. The summed E-state index contributed by atoms with van der Waals surface area (Å²) in [5, 5.41) is 2.88. The molecule has 1 aliphatic heterocycles. The SMILES string of the molecule is CCN(CC)C(=O)CNc1ccc2c(c1)OC(F)(F)O2. The van der Waals surface area contributed by atoms with Crippen molar-refractivity contribution in [1.29, 1.82) is 0 Å². The number of likely N-dealkylation sites (N-methyl/N-ethyl adjacent to an activating group) is 1. The van der Waals surface area contributed by atoms with Crippen LogP contribution in [0.1, 0.15) is 13.8 Å². The van der Waals surface area contributed by atoms with Crippen molar-refractivity contribution >= 4 is 11.6 Å². The number of hydrogen-bond acceptors (Lipinski definition) is 4. The molecule has 1 aromatic rings. The summed E-state index contributed by atoms with van der Waals surface area (Å²) in [6.45, 7) is 5.14. The summed E-state index contributed by atoms with van der Waals surface area (Å²) in [6, 6.07) is 4.31. The van der Waals surface area contributed by atoms with Gasteiger partial charge < -0.3 is 19.7 Å². The Bertz CT molecular complexity index is 504. The Labute approximate surface area is 115 Å². The van der Waals surface area contributed by atoms with Gasteiger partial charge in [0.25, 0.3) is 0 Å². The molecule has 5 nitrogen and oxygen atoms in total. The second-order valence-electron chi connectivity index (χ2n) is 4.25. The first kappa shape index (κ1) is 14.4. The van der Waals surface area contributed by atoms with Gasteiger partial charge in [0.15, 0.2) is 11.5 Å². The third-order valence-corrected chi connectivity index (χ3v) is 2.96. The van der Waals surface area contributed by atoms with Gasteiger partial charge in [-0.3, -0.25) is 4.79 Å². The quantitative estimate of drug-likeness (QED) is 0.902. The third-order valence-electron chi connectivity index (χ3n) is 2.96. The number of benzene rings is 1. The largest absolute Gasteiger partial charge is 0.586 e. The van der Waals surface area contributed by atoms with Gasteiger partial charge in [-0.1, -0.05) is 0 Å². The van der Waals surface area contributed by atoms with E-state index < -0.39 is 6.29 Å². The number of halogens is 2. The Kier molecular flexibility index (Phi) is 3.96. The maximum absolute atomic E-state index is 12.9. The minimum atomic E-state index is -3.63. The second kappa shape index (κ2) is 5.52. The molecule has 0 atom stereocenters. The number of carbonyl (C=O) groups excluding carboxylic acids is 1. The number of anilines is 1. The molecule has 1 amide bonds. The first-order valence-electron chi connectivity index (χ1n) is 6.36. The van der Waals surface area contributed by atoms with Gasteiger partial charge in [0.1, 0.15) is 0 Å². The molecular formula is C13H16F2N2O3. The number of rotatable bonds is 5. The second-order valence-corrected chi connectivity index (χ2v) is 4.25. The minimum Gasteiger partial charge on any atom is -0.395 e. The summed E-state index contributed by atoms with van der Waals surface area (Å²) >= 11 is 0. The van der Waals surface area contributed by atoms with Gasteiger partial charge in [0.2, 0.25) is 5.91 Å². The van der Waals surface area contributed by atoms with Gasteiger partial charge in [0, 0.05) is 24.8 Å². The van der Waals surface area contributed by atoms with Crippen molar-refractivity contribution in [2.24, 2.45) is 0 Å². The van der Waals surface area contributed by atoms with Crippen LogP contribution >= 0.6 is 0 Å². The van der Waals surface area contributed by atoms with Crippen LogP contribution in [-0.4, -0.2) is 36.7 Å². The number of nitrogens with zero attached hydrogens (tertiary/aromatic N) is 1. The predicted octanol–water partition coefficient (Wildman–Crippen LogP) is 2.29. The lowest BCUT2D eigenvalue weighted by atomic mass is 10.2. The smallest absolute Gasteiger partial charge is 0.395 e. The van der Waals surface area contributed by atoms with E-state index in [4.69, 9.17) is 0 Å². The Morgan fingerprint density at radius 3 is 2.55 bits per heavy atom. The van der Waals surface area contributed by atoms with Gasteiger partial charge >= 0.3 is 6.29 Å². The van der Waals surface area contributed by atoms with Crippen molar-refractivity contribution in [3.63, 3.8) is 0 Å². The van der Waals surface area contributed by atoms with Gasteiger partial charge in [-0.05, 0) is 26.0 Å². The number of carbonyl (C=O) groups is 1. The van der Waals surface area contributed by atoms with Gasteiger partial charge in [0.05, 0.1) is 6.54 Å². The predicted molar refractivity (Wildman–Crippen MR) is 69.1 cm³/mol. The Hall–Kier alpha value is -2.05. The number of fused-ring (bicyclic) bond motifs is 1. The molecule has 0 aliphatic carbocycles. The van der Waals surface area contributed by atoms with Crippen LogP contribution in [0.3, 0.4) is 0 Å². The molecule has 1 heterocycles. The van der Waals surface area contributed by atoms with Crippen LogP contribution in [0.15, 0.2) is 18.2 Å². The zero-order valence-corrected chi connectivity index (χ0v) is 11.3. The van der Waals surface area contributed by atoms with E-state index in [-0.39, 0.29) is 24.0 Å². The van der Waals surface area contributed by atoms with Crippen molar-refractivity contribution < 1.29 is 23.0 Å². The Balaban J connectivity index is 1.97. The standard InChI is InChI=1S/C13H16F2N2O3/c1-3-17(4-2)12(18)8-16-9-5-6-10-11(7-9)20-13(14,15)19-10/h5-7,16H,3-4,8H2,1-2H3. The van der Waals surface area contributed by atoms with E-state index in [1.807, 2.05) is 13.8 Å². The fourth-order valence-electron chi connectivity index (χ4n) is 1.92. The van der Waals surface area contributed by atoms with E-state index in [0.717, 1.165) is 0 Å². The molecule has 0 fully saturated rings. The van der Waals surface area contributed by atoms with Gasteiger partial charge in [-0.25, -0.2) is 0 Å². The van der Waals surface area contributed by atoms with E-state index in [9.17, 15) is 13.6 Å². The molecule has 0 saturated heterocycles. The normalized spacial score (nSPS) is 15.0. The van der Waals surface area contributed by atoms with Crippen LogP contribution in [0, 0.1) is 0 Å². The Morgan fingerprint density at radius 2 is 1.90 bits per heavy atom. The number of amides is 1. The summed E-state index contributed by atoms with van der Waals surface area (Å²) in [6.07, 6.45) is -3.63. The molecular weight excluding hydrogens is 270 g/mol. The first-order chi connectivity index (χ1) is 9.45. The van der Waals surface area contributed by atoms with Crippen molar-refractivity contribution in [3.8, 4) is 11.5 Å². The highest BCUT2D eigenvalue weighted by atomic mass is 19.3. The summed E-state index contributed by atoms with van der Waals surface area (Å²) < 4.78 is 34.3. The molecule has 110 valence electrons. The summed E-state index contributed by atoms with van der Waals surface area (Å²) in [5.74, 6) is -0.121. The zero-order chi connectivity index (χ0) is 14.8. The molecule has 0 bridgehead atoms. The Morgan fingerprint density at radius 1 is 1.25 bits per heavy atom. The lowest BCUT2D eigenvalue weighted by Gasteiger charge is -2.19. The number of ether oxygens (including phenoxy) is 2. The molecule has 0 spiro atoms. The summed E-state index contributed by atoms with van der Waals surface area (Å²) in [4.78, 5) is 13.5. The maximum Gasteiger partial charge on any atom is 0.586 e. The van der Waals surface area contributed by atoms with Gasteiger partial charge in [-0.2, -0.15) is 0 Å². The van der Waals surface area contributed by atoms with Crippen LogP contribution in [0.5, 0.6) is 11.5 Å². The fraction of sp³-hybridized carbons (Fsp3) is 0.462.